The first-order valence-electron chi connectivity index (χ1n) is 6.61. The number of nitrogens with one attached hydrogen (secondary N) is 2. The topological polar surface area (TPSA) is 98.3 Å². The Bertz CT molecular complexity index is 766. The minimum Gasteiger partial charge on any atom is -0.545 e. The molecule has 0 aliphatic rings. The van der Waals surface area contributed by atoms with E-state index in [-0.39, 0.29) is 5.91 Å². The van der Waals surface area contributed by atoms with Gasteiger partial charge in [0.25, 0.3) is 5.91 Å². The van der Waals surface area contributed by atoms with Crippen LogP contribution >= 0.6 is 11.3 Å². The standard InChI is InChI=1S/C16H14N2O4S/c1-10-4-5-11(17-16(22)13-3-2-8-23-13)9-12(10)18-14(19)6-7-15(20)21/h2-9H,1H3,(H,17,22)(H,18,19)(H,20,21)/p-1/b7-6+. The minimum absolute atomic E-state index is 0.238. The maximum absolute atomic E-state index is 12.0. The van der Waals surface area contributed by atoms with Crippen molar-refractivity contribution in [2.24, 2.45) is 0 Å². The van der Waals surface area contributed by atoms with Gasteiger partial charge >= 0.3 is 0 Å². The molecule has 2 rings (SSSR count). The molecule has 1 heterocycles. The van der Waals surface area contributed by atoms with Crippen molar-refractivity contribution < 1.29 is 19.5 Å². The average molecular weight is 329 g/mol. The first-order chi connectivity index (χ1) is 11.0. The molecule has 0 fully saturated rings. The number of aliphatic carboxylic acids is 1. The summed E-state index contributed by atoms with van der Waals surface area (Å²) in [6.45, 7) is 1.78. The largest absolute Gasteiger partial charge is 0.545 e. The van der Waals surface area contributed by atoms with E-state index in [0.717, 1.165) is 11.6 Å². The average Bonchev–Trinajstić information content (AvgIpc) is 3.03. The summed E-state index contributed by atoms with van der Waals surface area (Å²) in [5.41, 5.74) is 1.77. The molecular weight excluding hydrogens is 316 g/mol. The van der Waals surface area contributed by atoms with Gasteiger partial charge in [-0.1, -0.05) is 12.1 Å². The van der Waals surface area contributed by atoms with Crippen LogP contribution in [0, 0.1) is 6.92 Å². The summed E-state index contributed by atoms with van der Waals surface area (Å²) in [5.74, 6) is -2.29. The van der Waals surface area contributed by atoms with Crippen LogP contribution in [-0.4, -0.2) is 17.8 Å². The molecule has 118 valence electrons. The van der Waals surface area contributed by atoms with E-state index in [2.05, 4.69) is 10.6 Å². The first-order valence-corrected chi connectivity index (χ1v) is 7.49. The summed E-state index contributed by atoms with van der Waals surface area (Å²) in [7, 11) is 0. The summed E-state index contributed by atoms with van der Waals surface area (Å²) in [5, 5.41) is 17.4. The second-order valence-electron chi connectivity index (χ2n) is 4.60. The molecule has 0 saturated heterocycles. The number of benzene rings is 1. The molecule has 0 saturated carbocycles. The first kappa shape index (κ1) is 16.4. The number of carbonyl (C=O) groups excluding carboxylic acids is 3. The fourth-order valence-electron chi connectivity index (χ4n) is 1.75. The minimum atomic E-state index is -1.45. The third-order valence-electron chi connectivity index (χ3n) is 2.87. The van der Waals surface area contributed by atoms with E-state index < -0.39 is 11.9 Å². The molecule has 1 aromatic carbocycles. The van der Waals surface area contributed by atoms with Crippen LogP contribution in [0.3, 0.4) is 0 Å². The summed E-state index contributed by atoms with van der Waals surface area (Å²) >= 11 is 1.33. The van der Waals surface area contributed by atoms with Crippen molar-refractivity contribution in [3.05, 3.63) is 58.3 Å². The van der Waals surface area contributed by atoms with Crippen LogP contribution in [0.2, 0.25) is 0 Å². The Labute approximate surface area is 136 Å². The highest BCUT2D eigenvalue weighted by molar-refractivity contribution is 7.12. The molecule has 23 heavy (non-hydrogen) atoms. The number of thiophene rings is 1. The van der Waals surface area contributed by atoms with E-state index >= 15 is 0 Å². The fraction of sp³-hybridized carbons (Fsp3) is 0.0625. The molecule has 2 N–H and O–H groups in total. The summed E-state index contributed by atoms with van der Waals surface area (Å²) in [6.07, 6.45) is 1.51. The van der Waals surface area contributed by atoms with Crippen molar-refractivity contribution in [1.82, 2.24) is 0 Å². The predicted octanol–water partition coefficient (Wildman–Crippen LogP) is 1.55. The molecular formula is C16H13N2O4S-. The van der Waals surface area contributed by atoms with Crippen molar-refractivity contribution >= 4 is 40.5 Å². The van der Waals surface area contributed by atoms with E-state index in [4.69, 9.17) is 0 Å². The second-order valence-corrected chi connectivity index (χ2v) is 5.55. The monoisotopic (exact) mass is 329 g/mol. The van der Waals surface area contributed by atoms with Gasteiger partial charge in [-0.05, 0) is 42.1 Å². The van der Waals surface area contributed by atoms with Gasteiger partial charge in [-0.15, -0.1) is 11.3 Å². The van der Waals surface area contributed by atoms with Gasteiger partial charge in [-0.3, -0.25) is 9.59 Å². The second kappa shape index (κ2) is 7.37. The van der Waals surface area contributed by atoms with E-state index in [9.17, 15) is 19.5 Å². The molecule has 0 radical (unpaired) electrons. The number of carboxylic acid groups (broad SMARTS) is 1. The smallest absolute Gasteiger partial charge is 0.265 e. The Morgan fingerprint density at radius 1 is 1.13 bits per heavy atom. The highest BCUT2D eigenvalue weighted by Crippen LogP contribution is 2.21. The van der Waals surface area contributed by atoms with E-state index in [1.54, 1.807) is 42.6 Å². The number of amides is 2. The third-order valence-corrected chi connectivity index (χ3v) is 3.74. The number of carboxylic acids is 1. The van der Waals surface area contributed by atoms with Crippen LogP contribution in [-0.2, 0) is 9.59 Å². The van der Waals surface area contributed by atoms with Crippen molar-refractivity contribution in [2.45, 2.75) is 6.92 Å². The van der Waals surface area contributed by atoms with Gasteiger partial charge in [0, 0.05) is 17.5 Å². The number of carbonyl (C=O) groups is 3. The number of hydrogen-bond acceptors (Lipinski definition) is 5. The molecule has 0 aliphatic carbocycles. The maximum Gasteiger partial charge on any atom is 0.265 e. The van der Waals surface area contributed by atoms with Crippen molar-refractivity contribution in [3.63, 3.8) is 0 Å². The van der Waals surface area contributed by atoms with E-state index in [1.165, 1.54) is 11.3 Å². The SMILES string of the molecule is Cc1ccc(NC(=O)c2cccs2)cc1NC(=O)/C=C/C(=O)[O-]. The van der Waals surface area contributed by atoms with Gasteiger partial charge in [0.2, 0.25) is 5.91 Å². The maximum atomic E-state index is 12.0. The molecule has 2 aromatic rings. The lowest BCUT2D eigenvalue weighted by molar-refractivity contribution is -0.297. The quantitative estimate of drug-likeness (QED) is 0.813. The highest BCUT2D eigenvalue weighted by Gasteiger charge is 2.09. The normalized spacial score (nSPS) is 10.5. The Morgan fingerprint density at radius 3 is 2.57 bits per heavy atom. The molecule has 0 spiro atoms. The number of anilines is 2. The van der Waals surface area contributed by atoms with Gasteiger partial charge in [0.05, 0.1) is 10.8 Å². The van der Waals surface area contributed by atoms with Crippen LogP contribution in [0.25, 0.3) is 0 Å². The van der Waals surface area contributed by atoms with Gasteiger partial charge in [0.15, 0.2) is 0 Å². The molecule has 0 unspecified atom stereocenters. The zero-order valence-corrected chi connectivity index (χ0v) is 13.0. The van der Waals surface area contributed by atoms with Gasteiger partial charge < -0.3 is 20.5 Å². The lowest BCUT2D eigenvalue weighted by atomic mass is 10.1. The molecule has 2 amide bonds. The van der Waals surface area contributed by atoms with Crippen molar-refractivity contribution in [3.8, 4) is 0 Å². The van der Waals surface area contributed by atoms with Crippen LogP contribution in [0.1, 0.15) is 15.2 Å². The van der Waals surface area contributed by atoms with Crippen LogP contribution < -0.4 is 15.7 Å². The summed E-state index contributed by atoms with van der Waals surface area (Å²) < 4.78 is 0. The molecule has 1 aromatic heterocycles. The Morgan fingerprint density at radius 2 is 1.91 bits per heavy atom. The van der Waals surface area contributed by atoms with E-state index in [0.29, 0.717) is 22.3 Å². The van der Waals surface area contributed by atoms with Gasteiger partial charge in [-0.2, -0.15) is 0 Å². The Balaban J connectivity index is 2.11. The van der Waals surface area contributed by atoms with Crippen molar-refractivity contribution in [1.29, 1.82) is 0 Å². The summed E-state index contributed by atoms with van der Waals surface area (Å²) in [4.78, 5) is 34.5. The fourth-order valence-corrected chi connectivity index (χ4v) is 2.37. The number of hydrogen-bond donors (Lipinski definition) is 2. The lowest BCUT2D eigenvalue weighted by Crippen LogP contribution is -2.20. The highest BCUT2D eigenvalue weighted by atomic mass is 32.1. The molecule has 6 nitrogen and oxygen atoms in total. The molecule has 0 atom stereocenters. The van der Waals surface area contributed by atoms with Gasteiger partial charge in [-0.25, -0.2) is 0 Å². The predicted molar refractivity (Wildman–Crippen MR) is 86.2 cm³/mol. The van der Waals surface area contributed by atoms with Gasteiger partial charge in [0.1, 0.15) is 0 Å². The number of aryl methyl sites for hydroxylation is 1. The van der Waals surface area contributed by atoms with E-state index in [1.807, 2.05) is 0 Å². The number of rotatable bonds is 5. The Kier molecular flexibility index (Phi) is 5.27. The zero-order chi connectivity index (χ0) is 16.8. The Hall–Kier alpha value is -2.93. The molecule has 7 heteroatoms. The van der Waals surface area contributed by atoms with Crippen LogP contribution in [0.15, 0.2) is 47.9 Å². The third kappa shape index (κ3) is 4.79. The van der Waals surface area contributed by atoms with Crippen LogP contribution in [0.4, 0.5) is 11.4 Å². The molecule has 0 aliphatic heterocycles. The zero-order valence-electron chi connectivity index (χ0n) is 12.2. The molecule has 0 bridgehead atoms. The van der Waals surface area contributed by atoms with Crippen LogP contribution in [0.5, 0.6) is 0 Å². The van der Waals surface area contributed by atoms with Crippen molar-refractivity contribution in [2.75, 3.05) is 10.6 Å². The summed E-state index contributed by atoms with van der Waals surface area (Å²) in [6, 6.07) is 8.55. The lowest BCUT2D eigenvalue weighted by Gasteiger charge is -2.10.